The predicted octanol–water partition coefficient (Wildman–Crippen LogP) is 4.69. The quantitative estimate of drug-likeness (QED) is 0.806. The Morgan fingerprint density at radius 2 is 1.81 bits per heavy atom. The minimum absolute atomic E-state index is 0.263. The van der Waals surface area contributed by atoms with Gasteiger partial charge in [0.25, 0.3) is 0 Å². The van der Waals surface area contributed by atoms with Crippen molar-refractivity contribution in [3.8, 4) is 0 Å². The molecular formula is C15H14BrF3N2. The fourth-order valence-corrected chi connectivity index (χ4v) is 2.41. The minimum atomic E-state index is -4.45. The van der Waals surface area contributed by atoms with Crippen molar-refractivity contribution in [2.24, 2.45) is 0 Å². The lowest BCUT2D eigenvalue weighted by molar-refractivity contribution is -0.136. The van der Waals surface area contributed by atoms with E-state index in [1.807, 2.05) is 24.3 Å². The molecule has 6 heteroatoms. The van der Waals surface area contributed by atoms with E-state index in [1.165, 1.54) is 6.07 Å². The van der Waals surface area contributed by atoms with Crippen molar-refractivity contribution >= 4 is 27.3 Å². The number of nitrogens with two attached hydrogens (primary N) is 1. The van der Waals surface area contributed by atoms with Gasteiger partial charge < -0.3 is 10.6 Å². The Balaban J connectivity index is 2.28. The maximum Gasteiger partial charge on any atom is 0.418 e. The number of halogens is 4. The van der Waals surface area contributed by atoms with Gasteiger partial charge in [0.15, 0.2) is 0 Å². The van der Waals surface area contributed by atoms with Gasteiger partial charge in [-0.25, -0.2) is 0 Å². The molecule has 0 fully saturated rings. The Morgan fingerprint density at radius 3 is 2.43 bits per heavy atom. The average molecular weight is 359 g/mol. The Kier molecular flexibility index (Phi) is 4.46. The van der Waals surface area contributed by atoms with E-state index in [1.54, 1.807) is 18.0 Å². The number of rotatable bonds is 3. The summed E-state index contributed by atoms with van der Waals surface area (Å²) in [6, 6.07) is 11.5. The van der Waals surface area contributed by atoms with Gasteiger partial charge >= 0.3 is 6.18 Å². The van der Waals surface area contributed by atoms with Crippen LogP contribution in [0.1, 0.15) is 11.1 Å². The van der Waals surface area contributed by atoms with Gasteiger partial charge in [-0.15, -0.1) is 0 Å². The zero-order valence-corrected chi connectivity index (χ0v) is 12.9. The van der Waals surface area contributed by atoms with E-state index in [9.17, 15) is 13.2 Å². The van der Waals surface area contributed by atoms with Crippen LogP contribution < -0.4 is 10.6 Å². The van der Waals surface area contributed by atoms with Crippen LogP contribution in [0.25, 0.3) is 0 Å². The predicted molar refractivity (Wildman–Crippen MR) is 82.1 cm³/mol. The van der Waals surface area contributed by atoms with Gasteiger partial charge in [0.1, 0.15) is 0 Å². The van der Waals surface area contributed by atoms with Crippen molar-refractivity contribution in [3.63, 3.8) is 0 Å². The summed E-state index contributed by atoms with van der Waals surface area (Å²) < 4.78 is 39.6. The zero-order chi connectivity index (χ0) is 15.6. The summed E-state index contributed by atoms with van der Waals surface area (Å²) in [5.41, 5.74) is 5.79. The summed E-state index contributed by atoms with van der Waals surface area (Å²) in [5, 5.41) is 0. The Hall–Kier alpha value is -1.69. The molecule has 0 radical (unpaired) electrons. The van der Waals surface area contributed by atoms with Crippen molar-refractivity contribution < 1.29 is 13.2 Å². The highest BCUT2D eigenvalue weighted by Crippen LogP contribution is 2.36. The summed E-state index contributed by atoms with van der Waals surface area (Å²) in [5.74, 6) is 0. The van der Waals surface area contributed by atoms with Crippen molar-refractivity contribution in [3.05, 3.63) is 58.1 Å². The molecule has 0 bridgehead atoms. The molecule has 2 aromatic rings. The van der Waals surface area contributed by atoms with Gasteiger partial charge in [0, 0.05) is 29.4 Å². The standard InChI is InChI=1S/C15H14BrF3N2/c1-21(9-10-4-2-3-5-13(10)16)11-6-7-14(20)12(8-11)15(17,18)19/h2-8H,9,20H2,1H3. The fourth-order valence-electron chi connectivity index (χ4n) is 2.00. The number of benzene rings is 2. The molecule has 0 heterocycles. The molecule has 0 spiro atoms. The van der Waals surface area contributed by atoms with Gasteiger partial charge in [0.2, 0.25) is 0 Å². The largest absolute Gasteiger partial charge is 0.418 e. The van der Waals surface area contributed by atoms with Gasteiger partial charge in [-0.05, 0) is 29.8 Å². The van der Waals surface area contributed by atoms with Crippen molar-refractivity contribution in [2.45, 2.75) is 12.7 Å². The summed E-state index contributed by atoms with van der Waals surface area (Å²) in [4.78, 5) is 1.74. The summed E-state index contributed by atoms with van der Waals surface area (Å²) in [6.45, 7) is 0.489. The molecule has 2 aromatic carbocycles. The molecule has 0 aliphatic carbocycles. The van der Waals surface area contributed by atoms with Crippen LogP contribution in [0.3, 0.4) is 0 Å². The van der Waals surface area contributed by atoms with Crippen LogP contribution in [0, 0.1) is 0 Å². The monoisotopic (exact) mass is 358 g/mol. The van der Waals surface area contributed by atoms with E-state index in [2.05, 4.69) is 15.9 Å². The third kappa shape index (κ3) is 3.69. The lowest BCUT2D eigenvalue weighted by Crippen LogP contribution is -2.18. The maximum atomic E-state index is 12.9. The van der Waals surface area contributed by atoms with Crippen LogP contribution in [0.4, 0.5) is 24.5 Å². The second-order valence-electron chi connectivity index (χ2n) is 4.72. The van der Waals surface area contributed by atoms with E-state index >= 15 is 0 Å². The summed E-state index contributed by atoms with van der Waals surface area (Å²) >= 11 is 3.43. The fraction of sp³-hybridized carbons (Fsp3) is 0.200. The molecule has 0 atom stereocenters. The Morgan fingerprint density at radius 1 is 1.14 bits per heavy atom. The SMILES string of the molecule is CN(Cc1ccccc1Br)c1ccc(N)c(C(F)(F)F)c1. The molecule has 0 aliphatic heterocycles. The van der Waals surface area contributed by atoms with Crippen molar-refractivity contribution in [1.82, 2.24) is 0 Å². The number of anilines is 2. The van der Waals surface area contributed by atoms with Crippen molar-refractivity contribution in [2.75, 3.05) is 17.7 Å². The first kappa shape index (κ1) is 15.7. The molecule has 0 unspecified atom stereocenters. The molecule has 0 saturated heterocycles. The highest BCUT2D eigenvalue weighted by atomic mass is 79.9. The second kappa shape index (κ2) is 5.97. The Bertz CT molecular complexity index is 641. The molecule has 0 aromatic heterocycles. The molecule has 2 nitrogen and oxygen atoms in total. The van der Waals surface area contributed by atoms with E-state index in [0.717, 1.165) is 16.1 Å². The van der Waals surface area contributed by atoms with Crippen LogP contribution in [-0.2, 0) is 12.7 Å². The Labute approximate surface area is 129 Å². The maximum absolute atomic E-state index is 12.9. The van der Waals surface area contributed by atoms with E-state index in [-0.39, 0.29) is 5.69 Å². The smallest absolute Gasteiger partial charge is 0.398 e. The lowest BCUT2D eigenvalue weighted by Gasteiger charge is -2.22. The summed E-state index contributed by atoms with van der Waals surface area (Å²) in [6.07, 6.45) is -4.45. The van der Waals surface area contributed by atoms with Gasteiger partial charge in [-0.3, -0.25) is 0 Å². The minimum Gasteiger partial charge on any atom is -0.398 e. The van der Waals surface area contributed by atoms with Crippen LogP contribution in [-0.4, -0.2) is 7.05 Å². The van der Waals surface area contributed by atoms with Crippen LogP contribution in [0.5, 0.6) is 0 Å². The molecule has 0 amide bonds. The summed E-state index contributed by atoms with van der Waals surface area (Å²) in [7, 11) is 1.74. The highest BCUT2D eigenvalue weighted by Gasteiger charge is 2.33. The van der Waals surface area contributed by atoms with Crippen LogP contribution >= 0.6 is 15.9 Å². The van der Waals surface area contributed by atoms with Crippen LogP contribution in [0.2, 0.25) is 0 Å². The zero-order valence-electron chi connectivity index (χ0n) is 11.3. The topological polar surface area (TPSA) is 29.3 Å². The molecular weight excluding hydrogens is 345 g/mol. The molecule has 0 aliphatic rings. The lowest BCUT2D eigenvalue weighted by atomic mass is 10.1. The normalized spacial score (nSPS) is 11.5. The van der Waals surface area contributed by atoms with E-state index in [0.29, 0.717) is 12.2 Å². The number of hydrogen-bond acceptors (Lipinski definition) is 2. The molecule has 112 valence electrons. The number of nitrogen functional groups attached to an aromatic ring is 1. The number of hydrogen-bond donors (Lipinski definition) is 1. The first-order valence-electron chi connectivity index (χ1n) is 6.20. The van der Waals surface area contributed by atoms with E-state index in [4.69, 9.17) is 5.73 Å². The highest BCUT2D eigenvalue weighted by molar-refractivity contribution is 9.10. The first-order valence-corrected chi connectivity index (χ1v) is 6.99. The van der Waals surface area contributed by atoms with Crippen LogP contribution in [0.15, 0.2) is 46.9 Å². The molecule has 21 heavy (non-hydrogen) atoms. The van der Waals surface area contributed by atoms with Crippen molar-refractivity contribution in [1.29, 1.82) is 0 Å². The molecule has 0 saturated carbocycles. The third-order valence-corrected chi connectivity index (χ3v) is 3.92. The van der Waals surface area contributed by atoms with E-state index < -0.39 is 11.7 Å². The second-order valence-corrected chi connectivity index (χ2v) is 5.57. The number of alkyl halides is 3. The average Bonchev–Trinajstić information content (AvgIpc) is 2.40. The molecule has 2 N–H and O–H groups in total. The van der Waals surface area contributed by atoms with Gasteiger partial charge in [-0.2, -0.15) is 13.2 Å². The first-order chi connectivity index (χ1) is 9.79. The third-order valence-electron chi connectivity index (χ3n) is 3.15. The molecule has 2 rings (SSSR count). The van der Waals surface area contributed by atoms with Gasteiger partial charge in [0.05, 0.1) is 5.56 Å². The number of nitrogens with zero attached hydrogens (tertiary/aromatic N) is 1. The van der Waals surface area contributed by atoms with Gasteiger partial charge in [-0.1, -0.05) is 34.1 Å².